The summed E-state index contributed by atoms with van der Waals surface area (Å²) in [6.45, 7) is 2.83. The molecule has 0 radical (unpaired) electrons. The van der Waals surface area contributed by atoms with Gasteiger partial charge < -0.3 is 9.67 Å². The first-order chi connectivity index (χ1) is 15.7. The Morgan fingerprint density at radius 2 is 1.94 bits per heavy atom. The van der Waals surface area contributed by atoms with Gasteiger partial charge in [0.15, 0.2) is 0 Å². The van der Waals surface area contributed by atoms with E-state index >= 15 is 0 Å². The molecule has 0 bridgehead atoms. The summed E-state index contributed by atoms with van der Waals surface area (Å²) in [6, 6.07) is 18.8. The average Bonchev–Trinajstić information content (AvgIpc) is 3.40. The third-order valence-corrected chi connectivity index (χ3v) is 6.68. The summed E-state index contributed by atoms with van der Waals surface area (Å²) >= 11 is 0. The summed E-state index contributed by atoms with van der Waals surface area (Å²) in [5, 5.41) is 19.7. The molecule has 2 aromatic heterocycles. The fourth-order valence-electron chi connectivity index (χ4n) is 5.24. The number of nitrogens with zero attached hydrogens (tertiary/aromatic N) is 4. The normalized spacial score (nSPS) is 16.7. The van der Waals surface area contributed by atoms with Crippen LogP contribution < -0.4 is 0 Å². The van der Waals surface area contributed by atoms with Crippen LogP contribution in [-0.2, 0) is 24.2 Å². The maximum absolute atomic E-state index is 12.2. The summed E-state index contributed by atoms with van der Waals surface area (Å²) in [5.74, 6) is -1.19. The van der Waals surface area contributed by atoms with Gasteiger partial charge >= 0.3 is 5.97 Å². The van der Waals surface area contributed by atoms with Gasteiger partial charge in [0.25, 0.3) is 0 Å². The van der Waals surface area contributed by atoms with E-state index in [1.54, 1.807) is 0 Å². The molecule has 1 N–H and O–H groups in total. The Kier molecular flexibility index (Phi) is 5.52. The van der Waals surface area contributed by atoms with Crippen LogP contribution in [0.4, 0.5) is 0 Å². The standard InChI is InChI=1S/C26H28N4O2/c1-2-8-22(26(31)32)25-21-11-6-7-12-23(21)29-17-19(13-14-24(25)29)30-20(16-27-28-30)15-18-9-4-3-5-10-18/h3-7,9-12,16,19,22H,2,8,13-15,17H2,1H3,(H,31,32). The van der Waals surface area contributed by atoms with Gasteiger partial charge in [-0.3, -0.25) is 4.79 Å². The van der Waals surface area contributed by atoms with Crippen molar-refractivity contribution >= 4 is 16.9 Å². The molecule has 0 fully saturated rings. The lowest BCUT2D eigenvalue weighted by Crippen LogP contribution is -2.26. The highest BCUT2D eigenvalue weighted by atomic mass is 16.4. The van der Waals surface area contributed by atoms with Crippen LogP contribution in [-0.4, -0.2) is 30.6 Å². The zero-order valence-electron chi connectivity index (χ0n) is 18.3. The molecule has 5 rings (SSSR count). The predicted octanol–water partition coefficient (Wildman–Crippen LogP) is 4.98. The van der Waals surface area contributed by atoms with E-state index < -0.39 is 11.9 Å². The van der Waals surface area contributed by atoms with Crippen molar-refractivity contribution in [2.24, 2.45) is 0 Å². The highest BCUT2D eigenvalue weighted by Crippen LogP contribution is 2.39. The number of benzene rings is 2. The van der Waals surface area contributed by atoms with Crippen molar-refractivity contribution in [1.29, 1.82) is 0 Å². The largest absolute Gasteiger partial charge is 0.481 e. The maximum Gasteiger partial charge on any atom is 0.311 e. The van der Waals surface area contributed by atoms with E-state index in [0.29, 0.717) is 6.42 Å². The second-order valence-corrected chi connectivity index (χ2v) is 8.69. The minimum atomic E-state index is -0.727. The van der Waals surface area contributed by atoms with E-state index in [2.05, 4.69) is 62.9 Å². The highest BCUT2D eigenvalue weighted by Gasteiger charge is 2.32. The number of carboxylic acid groups (broad SMARTS) is 1. The van der Waals surface area contributed by atoms with Gasteiger partial charge in [0, 0.05) is 29.6 Å². The minimum Gasteiger partial charge on any atom is -0.481 e. The maximum atomic E-state index is 12.2. The molecule has 4 aromatic rings. The molecular weight excluding hydrogens is 400 g/mol. The van der Waals surface area contributed by atoms with E-state index in [0.717, 1.165) is 54.4 Å². The number of fused-ring (bicyclic) bond motifs is 3. The van der Waals surface area contributed by atoms with Gasteiger partial charge in [-0.1, -0.05) is 67.1 Å². The van der Waals surface area contributed by atoms with Crippen LogP contribution in [0.25, 0.3) is 10.9 Å². The molecule has 0 saturated heterocycles. The second-order valence-electron chi connectivity index (χ2n) is 8.69. The SMILES string of the molecule is CCCC(C(=O)O)c1c2n(c3ccccc13)CC(n1nncc1Cc1ccccc1)CC2. The molecular formula is C26H28N4O2. The van der Waals surface area contributed by atoms with Crippen molar-refractivity contribution < 1.29 is 9.90 Å². The molecule has 32 heavy (non-hydrogen) atoms. The molecule has 0 saturated carbocycles. The topological polar surface area (TPSA) is 72.9 Å². The molecule has 6 nitrogen and oxygen atoms in total. The Morgan fingerprint density at radius 1 is 1.16 bits per heavy atom. The smallest absolute Gasteiger partial charge is 0.311 e. The quantitative estimate of drug-likeness (QED) is 0.451. The third kappa shape index (κ3) is 3.60. The molecule has 0 amide bonds. The summed E-state index contributed by atoms with van der Waals surface area (Å²) in [5.41, 5.74) is 5.65. The monoisotopic (exact) mass is 428 g/mol. The number of aliphatic carboxylic acids is 1. The Morgan fingerprint density at radius 3 is 2.72 bits per heavy atom. The van der Waals surface area contributed by atoms with Crippen molar-refractivity contribution in [3.63, 3.8) is 0 Å². The lowest BCUT2D eigenvalue weighted by Gasteiger charge is -2.28. The van der Waals surface area contributed by atoms with Crippen LogP contribution in [0.5, 0.6) is 0 Å². The zero-order chi connectivity index (χ0) is 22.1. The molecule has 3 heterocycles. The van der Waals surface area contributed by atoms with E-state index in [4.69, 9.17) is 0 Å². The van der Waals surface area contributed by atoms with Gasteiger partial charge in [-0.15, -0.1) is 5.10 Å². The van der Waals surface area contributed by atoms with Gasteiger partial charge in [-0.05, 0) is 36.5 Å². The van der Waals surface area contributed by atoms with Gasteiger partial charge in [-0.2, -0.15) is 0 Å². The van der Waals surface area contributed by atoms with Crippen LogP contribution in [0.2, 0.25) is 0 Å². The fraction of sp³-hybridized carbons (Fsp3) is 0.346. The first-order valence-corrected chi connectivity index (χ1v) is 11.4. The summed E-state index contributed by atoms with van der Waals surface area (Å²) in [7, 11) is 0. The van der Waals surface area contributed by atoms with Crippen molar-refractivity contribution in [1.82, 2.24) is 19.6 Å². The fourth-order valence-corrected chi connectivity index (χ4v) is 5.24. The van der Waals surface area contributed by atoms with Gasteiger partial charge in [0.05, 0.1) is 23.9 Å². The number of hydrogen-bond acceptors (Lipinski definition) is 3. The predicted molar refractivity (Wildman–Crippen MR) is 124 cm³/mol. The van der Waals surface area contributed by atoms with Crippen LogP contribution in [0.1, 0.15) is 60.7 Å². The van der Waals surface area contributed by atoms with E-state index in [9.17, 15) is 9.90 Å². The Labute approximate surface area is 187 Å². The molecule has 0 aliphatic carbocycles. The molecule has 0 spiro atoms. The molecule has 6 heteroatoms. The number of carboxylic acids is 1. The number of carbonyl (C=O) groups is 1. The van der Waals surface area contributed by atoms with Gasteiger partial charge in [0.1, 0.15) is 0 Å². The van der Waals surface area contributed by atoms with Crippen molar-refractivity contribution in [2.75, 3.05) is 0 Å². The summed E-state index contributed by atoms with van der Waals surface area (Å²) in [6.07, 6.45) is 5.93. The van der Waals surface area contributed by atoms with Gasteiger partial charge in [-0.25, -0.2) is 4.68 Å². The van der Waals surface area contributed by atoms with E-state index in [1.807, 2.05) is 24.4 Å². The van der Waals surface area contributed by atoms with E-state index in [1.165, 1.54) is 11.3 Å². The zero-order valence-corrected chi connectivity index (χ0v) is 18.3. The molecule has 164 valence electrons. The third-order valence-electron chi connectivity index (χ3n) is 6.68. The second kappa shape index (κ2) is 8.61. The molecule has 1 aliphatic heterocycles. The average molecular weight is 429 g/mol. The number of aromatic nitrogens is 4. The van der Waals surface area contributed by atoms with Crippen LogP contribution in [0, 0.1) is 0 Å². The molecule has 2 aromatic carbocycles. The summed E-state index contributed by atoms with van der Waals surface area (Å²) < 4.78 is 4.41. The number of hydrogen-bond donors (Lipinski definition) is 1. The lowest BCUT2D eigenvalue weighted by molar-refractivity contribution is -0.139. The van der Waals surface area contributed by atoms with Crippen molar-refractivity contribution in [3.8, 4) is 0 Å². The first kappa shape index (κ1) is 20.5. The number of rotatable bonds is 7. The lowest BCUT2D eigenvalue weighted by atomic mass is 9.89. The highest BCUT2D eigenvalue weighted by molar-refractivity contribution is 5.91. The minimum absolute atomic E-state index is 0.196. The van der Waals surface area contributed by atoms with Crippen LogP contribution in [0.15, 0.2) is 60.8 Å². The van der Waals surface area contributed by atoms with Crippen molar-refractivity contribution in [3.05, 3.63) is 83.3 Å². The molecule has 2 atom stereocenters. The first-order valence-electron chi connectivity index (χ1n) is 11.4. The van der Waals surface area contributed by atoms with Crippen LogP contribution >= 0.6 is 0 Å². The molecule has 2 unspecified atom stereocenters. The Bertz CT molecular complexity index is 1240. The van der Waals surface area contributed by atoms with Crippen LogP contribution in [0.3, 0.4) is 0 Å². The Hall–Kier alpha value is -3.41. The molecule has 1 aliphatic rings. The van der Waals surface area contributed by atoms with Crippen molar-refractivity contribution in [2.45, 2.75) is 57.5 Å². The Balaban J connectivity index is 1.52. The van der Waals surface area contributed by atoms with E-state index in [-0.39, 0.29) is 6.04 Å². The number of para-hydroxylation sites is 1. The summed E-state index contributed by atoms with van der Waals surface area (Å²) in [4.78, 5) is 12.2. The van der Waals surface area contributed by atoms with Gasteiger partial charge in [0.2, 0.25) is 0 Å².